The fraction of sp³-hybridized carbons (Fsp3) is 0.417. The van der Waals surface area contributed by atoms with Crippen molar-refractivity contribution in [3.63, 3.8) is 0 Å². The molecule has 3 rings (SSSR count). The second-order valence-corrected chi connectivity index (χ2v) is 4.42. The largest absolute Gasteiger partial charge is 0.369 e. The van der Waals surface area contributed by atoms with Crippen molar-refractivity contribution in [3.8, 4) is 0 Å². The number of aliphatic imine (C=N–C) groups is 1. The molecule has 1 aromatic rings. The van der Waals surface area contributed by atoms with Crippen LogP contribution in [0, 0.1) is 0 Å². The summed E-state index contributed by atoms with van der Waals surface area (Å²) in [6.45, 7) is 0.869. The zero-order valence-electron chi connectivity index (χ0n) is 8.69. The lowest BCUT2D eigenvalue weighted by Gasteiger charge is -2.46. The topological polar surface area (TPSA) is 41.6 Å². The van der Waals surface area contributed by atoms with Gasteiger partial charge in [-0.3, -0.25) is 4.99 Å². The molecule has 0 atom stereocenters. The molecule has 15 heavy (non-hydrogen) atoms. The summed E-state index contributed by atoms with van der Waals surface area (Å²) >= 11 is 0. The molecule has 2 N–H and O–H groups in total. The number of hydrogen-bond acceptors (Lipinski definition) is 3. The number of anilines is 1. The lowest BCUT2D eigenvalue weighted by molar-refractivity contribution is 0.272. The number of rotatable bonds is 1. The van der Waals surface area contributed by atoms with Crippen molar-refractivity contribution >= 4 is 11.6 Å². The minimum Gasteiger partial charge on any atom is -0.369 e. The third kappa shape index (κ3) is 1.16. The van der Waals surface area contributed by atoms with Crippen LogP contribution in [-0.4, -0.2) is 18.0 Å². The highest BCUT2D eigenvalue weighted by Crippen LogP contribution is 2.43. The molecule has 3 heteroatoms. The van der Waals surface area contributed by atoms with E-state index < -0.39 is 0 Å². The van der Waals surface area contributed by atoms with Gasteiger partial charge in [-0.25, -0.2) is 0 Å². The van der Waals surface area contributed by atoms with Crippen molar-refractivity contribution in [2.75, 3.05) is 11.4 Å². The Kier molecular flexibility index (Phi) is 1.75. The van der Waals surface area contributed by atoms with Gasteiger partial charge in [0.15, 0.2) is 5.96 Å². The van der Waals surface area contributed by atoms with Crippen LogP contribution < -0.4 is 10.6 Å². The molecule has 0 amide bonds. The third-order valence-corrected chi connectivity index (χ3v) is 3.54. The lowest BCUT2D eigenvalue weighted by Crippen LogP contribution is -2.56. The average molecular weight is 201 g/mol. The Bertz CT molecular complexity index is 393. The maximum absolute atomic E-state index is 5.97. The molecule has 1 heterocycles. The van der Waals surface area contributed by atoms with E-state index in [1.165, 1.54) is 24.9 Å². The minimum absolute atomic E-state index is 0.214. The van der Waals surface area contributed by atoms with E-state index in [1.807, 2.05) is 18.2 Å². The first-order valence-corrected chi connectivity index (χ1v) is 5.47. The number of nitrogens with two attached hydrogens (primary N) is 1. The summed E-state index contributed by atoms with van der Waals surface area (Å²) < 4.78 is 0. The molecule has 2 aliphatic rings. The standard InChI is InChI=1S/C12H15N3/c13-11-14-9-12(7-4-8-12)15(11)10-5-2-1-3-6-10/h1-3,5-6H,4,7-9H2,(H2,13,14). The van der Waals surface area contributed by atoms with E-state index in [-0.39, 0.29) is 5.54 Å². The van der Waals surface area contributed by atoms with Crippen LogP contribution in [-0.2, 0) is 0 Å². The number of guanidine groups is 1. The number of para-hydroxylation sites is 1. The van der Waals surface area contributed by atoms with Gasteiger partial charge in [-0.15, -0.1) is 0 Å². The van der Waals surface area contributed by atoms with E-state index in [4.69, 9.17) is 5.73 Å². The first-order valence-electron chi connectivity index (χ1n) is 5.47. The predicted octanol–water partition coefficient (Wildman–Crippen LogP) is 1.74. The molecular formula is C12H15N3. The Balaban J connectivity index is 1.99. The lowest BCUT2D eigenvalue weighted by atomic mass is 9.76. The Labute approximate surface area is 89.6 Å². The maximum Gasteiger partial charge on any atom is 0.196 e. The van der Waals surface area contributed by atoms with Crippen molar-refractivity contribution in [2.45, 2.75) is 24.8 Å². The summed E-state index contributed by atoms with van der Waals surface area (Å²) in [5.41, 5.74) is 7.36. The summed E-state index contributed by atoms with van der Waals surface area (Å²) in [5, 5.41) is 0. The summed E-state index contributed by atoms with van der Waals surface area (Å²) in [6, 6.07) is 10.3. The molecular weight excluding hydrogens is 186 g/mol. The van der Waals surface area contributed by atoms with Crippen molar-refractivity contribution in [1.82, 2.24) is 0 Å². The van der Waals surface area contributed by atoms with Crippen molar-refractivity contribution in [2.24, 2.45) is 10.7 Å². The maximum atomic E-state index is 5.97. The van der Waals surface area contributed by atoms with Crippen molar-refractivity contribution in [1.29, 1.82) is 0 Å². The molecule has 0 unspecified atom stereocenters. The van der Waals surface area contributed by atoms with Crippen LogP contribution >= 0.6 is 0 Å². The molecule has 0 aromatic heterocycles. The van der Waals surface area contributed by atoms with Crippen LogP contribution in [0.25, 0.3) is 0 Å². The number of nitrogens with zero attached hydrogens (tertiary/aromatic N) is 2. The molecule has 0 radical (unpaired) electrons. The number of benzene rings is 1. The zero-order chi connectivity index (χ0) is 10.3. The second-order valence-electron chi connectivity index (χ2n) is 4.42. The normalized spacial score (nSPS) is 22.7. The van der Waals surface area contributed by atoms with E-state index in [0.717, 1.165) is 6.54 Å². The van der Waals surface area contributed by atoms with E-state index in [1.54, 1.807) is 0 Å². The monoisotopic (exact) mass is 201 g/mol. The molecule has 1 spiro atoms. The first kappa shape index (κ1) is 8.77. The van der Waals surface area contributed by atoms with Gasteiger partial charge in [0.05, 0.1) is 12.1 Å². The third-order valence-electron chi connectivity index (χ3n) is 3.54. The summed E-state index contributed by atoms with van der Waals surface area (Å²) in [6.07, 6.45) is 3.73. The highest BCUT2D eigenvalue weighted by molar-refractivity contribution is 5.98. The van der Waals surface area contributed by atoms with Crippen molar-refractivity contribution < 1.29 is 0 Å². The Morgan fingerprint density at radius 2 is 1.93 bits per heavy atom. The van der Waals surface area contributed by atoms with E-state index in [0.29, 0.717) is 5.96 Å². The van der Waals surface area contributed by atoms with Crippen LogP contribution in [0.15, 0.2) is 35.3 Å². The minimum atomic E-state index is 0.214. The Morgan fingerprint density at radius 1 is 1.20 bits per heavy atom. The van der Waals surface area contributed by atoms with Crippen LogP contribution in [0.2, 0.25) is 0 Å². The molecule has 1 saturated carbocycles. The molecule has 78 valence electrons. The van der Waals surface area contributed by atoms with Gasteiger partial charge in [-0.05, 0) is 31.4 Å². The fourth-order valence-corrected chi connectivity index (χ4v) is 2.56. The highest BCUT2D eigenvalue weighted by Gasteiger charge is 2.47. The SMILES string of the molecule is NC1=NCC2(CCC2)N1c1ccccc1. The van der Waals surface area contributed by atoms with Crippen LogP contribution in [0.4, 0.5) is 5.69 Å². The van der Waals surface area contributed by atoms with Crippen LogP contribution in [0.5, 0.6) is 0 Å². The molecule has 1 aromatic carbocycles. The average Bonchev–Trinajstić information content (AvgIpc) is 2.57. The van der Waals surface area contributed by atoms with Gasteiger partial charge < -0.3 is 10.6 Å². The van der Waals surface area contributed by atoms with Gasteiger partial charge >= 0.3 is 0 Å². The van der Waals surface area contributed by atoms with E-state index in [2.05, 4.69) is 22.0 Å². The quantitative estimate of drug-likeness (QED) is 0.752. The van der Waals surface area contributed by atoms with Crippen LogP contribution in [0.3, 0.4) is 0 Å². The van der Waals surface area contributed by atoms with E-state index in [9.17, 15) is 0 Å². The summed E-state index contributed by atoms with van der Waals surface area (Å²) in [4.78, 5) is 6.61. The second kappa shape index (κ2) is 2.99. The molecule has 0 saturated heterocycles. The predicted molar refractivity (Wildman–Crippen MR) is 62.0 cm³/mol. The van der Waals surface area contributed by atoms with Gasteiger partial charge in [0, 0.05) is 5.69 Å². The zero-order valence-corrected chi connectivity index (χ0v) is 8.69. The first-order chi connectivity index (χ1) is 7.32. The van der Waals surface area contributed by atoms with Gasteiger partial charge in [0.2, 0.25) is 0 Å². The van der Waals surface area contributed by atoms with Gasteiger partial charge in [0.25, 0.3) is 0 Å². The Morgan fingerprint density at radius 3 is 2.53 bits per heavy atom. The molecule has 3 nitrogen and oxygen atoms in total. The molecule has 1 aliphatic heterocycles. The van der Waals surface area contributed by atoms with Gasteiger partial charge in [-0.2, -0.15) is 0 Å². The highest BCUT2D eigenvalue weighted by atomic mass is 15.4. The van der Waals surface area contributed by atoms with Crippen molar-refractivity contribution in [3.05, 3.63) is 30.3 Å². The summed E-state index contributed by atoms with van der Waals surface area (Å²) in [5.74, 6) is 0.681. The summed E-state index contributed by atoms with van der Waals surface area (Å²) in [7, 11) is 0. The molecule has 0 bridgehead atoms. The molecule has 1 aliphatic carbocycles. The molecule has 1 fully saturated rings. The van der Waals surface area contributed by atoms with Gasteiger partial charge in [-0.1, -0.05) is 18.2 Å². The smallest absolute Gasteiger partial charge is 0.196 e. The number of hydrogen-bond donors (Lipinski definition) is 1. The van der Waals surface area contributed by atoms with Crippen LogP contribution in [0.1, 0.15) is 19.3 Å². The Hall–Kier alpha value is -1.51. The fourth-order valence-electron chi connectivity index (χ4n) is 2.56. The van der Waals surface area contributed by atoms with Gasteiger partial charge in [0.1, 0.15) is 0 Å². The van der Waals surface area contributed by atoms with E-state index >= 15 is 0 Å².